The molecule has 11 nitrogen and oxygen atoms in total. The minimum Gasteiger partial charge on any atom is -0.504 e. The maximum Gasteiger partial charge on any atom is 0.331 e. The molecule has 0 spiro atoms. The molecule has 11 heteroatoms. The van der Waals surface area contributed by atoms with Crippen LogP contribution in [0.15, 0.2) is 66.2 Å². The molecular formula is C31H34O11. The van der Waals surface area contributed by atoms with Crippen LogP contribution in [0.3, 0.4) is 0 Å². The lowest BCUT2D eigenvalue weighted by atomic mass is 9.91. The zero-order chi connectivity index (χ0) is 30.2. The number of phenols is 3. The number of hydrogen-bond acceptors (Lipinski definition) is 10. The molecule has 1 aliphatic carbocycles. The van der Waals surface area contributed by atoms with Gasteiger partial charge in [-0.05, 0) is 59.2 Å². The van der Waals surface area contributed by atoms with E-state index < -0.39 is 24.3 Å². The van der Waals surface area contributed by atoms with E-state index in [0.29, 0.717) is 33.9 Å². The Balaban J connectivity index is 1.58. The van der Waals surface area contributed by atoms with Crippen LogP contribution >= 0.6 is 0 Å². The monoisotopic (exact) mass is 582 g/mol. The molecule has 0 aliphatic heterocycles. The van der Waals surface area contributed by atoms with E-state index in [1.807, 2.05) is 0 Å². The third-order valence-electron chi connectivity index (χ3n) is 6.83. The summed E-state index contributed by atoms with van der Waals surface area (Å²) in [5.74, 6) is -0.321. The van der Waals surface area contributed by atoms with Gasteiger partial charge < -0.3 is 48.8 Å². The quantitative estimate of drug-likeness (QED) is 0.228. The SMILES string of the molecule is COc1ccc(CO[C@@H]2[C@H](OCc3ccc(OC)c(O)c3)C=C(C(=O)O)C[C@H]2OCc2ccc(OC)c(O)c2)cc1O. The number of ether oxygens (including phenoxy) is 6. The van der Waals surface area contributed by atoms with Gasteiger partial charge in [-0.1, -0.05) is 18.2 Å². The number of aliphatic carboxylic acids is 1. The Morgan fingerprint density at radius 1 is 0.690 bits per heavy atom. The van der Waals surface area contributed by atoms with E-state index in [1.54, 1.807) is 36.4 Å². The average molecular weight is 583 g/mol. The molecule has 0 bridgehead atoms. The summed E-state index contributed by atoms with van der Waals surface area (Å²) in [7, 11) is 4.35. The Hall–Kier alpha value is -4.45. The van der Waals surface area contributed by atoms with Crippen molar-refractivity contribution in [3.63, 3.8) is 0 Å². The molecule has 1 aliphatic rings. The predicted molar refractivity (Wildman–Crippen MR) is 150 cm³/mol. The zero-order valence-corrected chi connectivity index (χ0v) is 23.5. The number of benzene rings is 3. The summed E-state index contributed by atoms with van der Waals surface area (Å²) in [4.78, 5) is 12.1. The highest BCUT2D eigenvalue weighted by Gasteiger charge is 2.38. The lowest BCUT2D eigenvalue weighted by Gasteiger charge is -2.36. The molecule has 3 aromatic rings. The second kappa shape index (κ2) is 13.9. The Labute approximate surface area is 243 Å². The molecular weight excluding hydrogens is 548 g/mol. The summed E-state index contributed by atoms with van der Waals surface area (Å²) < 4.78 is 33.9. The van der Waals surface area contributed by atoms with E-state index in [1.165, 1.54) is 45.6 Å². The average Bonchev–Trinajstić information content (AvgIpc) is 2.98. The molecule has 0 heterocycles. The van der Waals surface area contributed by atoms with Crippen molar-refractivity contribution in [1.29, 1.82) is 0 Å². The minimum absolute atomic E-state index is 0.0356. The Kier molecular flexibility index (Phi) is 10.1. The van der Waals surface area contributed by atoms with Crippen LogP contribution in [0.5, 0.6) is 34.5 Å². The van der Waals surface area contributed by atoms with Gasteiger partial charge in [0.05, 0.1) is 47.3 Å². The fourth-order valence-electron chi connectivity index (χ4n) is 4.63. The summed E-state index contributed by atoms with van der Waals surface area (Å²) in [5.41, 5.74) is 2.03. The van der Waals surface area contributed by atoms with Gasteiger partial charge in [-0.25, -0.2) is 4.79 Å². The third kappa shape index (κ3) is 7.43. The number of phenolic OH excluding ortho intramolecular Hbond substituents is 3. The summed E-state index contributed by atoms with van der Waals surface area (Å²) in [6, 6.07) is 14.6. The topological polar surface area (TPSA) is 153 Å². The first-order valence-corrected chi connectivity index (χ1v) is 13.1. The van der Waals surface area contributed by atoms with E-state index >= 15 is 0 Å². The molecule has 0 saturated carbocycles. The third-order valence-corrected chi connectivity index (χ3v) is 6.83. The molecule has 224 valence electrons. The van der Waals surface area contributed by atoms with Crippen LogP contribution in [0.4, 0.5) is 0 Å². The van der Waals surface area contributed by atoms with Gasteiger partial charge >= 0.3 is 5.97 Å². The zero-order valence-electron chi connectivity index (χ0n) is 23.5. The van der Waals surface area contributed by atoms with Crippen molar-refractivity contribution in [1.82, 2.24) is 0 Å². The Morgan fingerprint density at radius 3 is 1.52 bits per heavy atom. The number of carboxylic acid groups (broad SMARTS) is 1. The molecule has 3 aromatic carbocycles. The second-order valence-corrected chi connectivity index (χ2v) is 9.62. The van der Waals surface area contributed by atoms with Crippen molar-refractivity contribution < 1.29 is 53.6 Å². The van der Waals surface area contributed by atoms with E-state index in [2.05, 4.69) is 0 Å². The standard InChI is InChI=1S/C31H34O11/c1-37-25-7-4-18(10-22(25)32)15-40-28-13-21(31(35)36)14-29(41-16-19-5-8-26(38-2)23(33)11-19)30(28)42-17-20-6-9-27(39-3)24(34)12-20/h4-13,28-30,32-34H,14-17H2,1-3H3,(H,35,36)/t28-,29-,30-/m1/s1. The maximum absolute atomic E-state index is 12.1. The highest BCUT2D eigenvalue weighted by atomic mass is 16.6. The van der Waals surface area contributed by atoms with Crippen LogP contribution < -0.4 is 14.2 Å². The van der Waals surface area contributed by atoms with E-state index in [-0.39, 0.29) is 49.1 Å². The number of hydrogen-bond donors (Lipinski definition) is 4. The van der Waals surface area contributed by atoms with Crippen molar-refractivity contribution >= 4 is 5.97 Å². The van der Waals surface area contributed by atoms with Crippen molar-refractivity contribution in [2.75, 3.05) is 21.3 Å². The number of methoxy groups -OCH3 is 3. The first kappa shape index (κ1) is 30.5. The summed E-state index contributed by atoms with van der Waals surface area (Å²) >= 11 is 0. The van der Waals surface area contributed by atoms with Gasteiger partial charge in [0, 0.05) is 12.0 Å². The number of rotatable bonds is 13. The summed E-state index contributed by atoms with van der Waals surface area (Å²) in [6.45, 7) is 0.149. The normalized spacial score (nSPS) is 18.3. The molecule has 3 atom stereocenters. The first-order chi connectivity index (χ1) is 20.2. The molecule has 0 aromatic heterocycles. The van der Waals surface area contributed by atoms with Crippen molar-refractivity contribution in [2.45, 2.75) is 44.6 Å². The summed E-state index contributed by atoms with van der Waals surface area (Å²) in [6.07, 6.45) is -0.794. The predicted octanol–water partition coefficient (Wildman–Crippen LogP) is 4.30. The molecule has 0 unspecified atom stereocenters. The van der Waals surface area contributed by atoms with Gasteiger partial charge in [-0.15, -0.1) is 0 Å². The van der Waals surface area contributed by atoms with Crippen LogP contribution in [-0.4, -0.2) is 66.0 Å². The second-order valence-electron chi connectivity index (χ2n) is 9.62. The van der Waals surface area contributed by atoms with Crippen molar-refractivity contribution in [3.8, 4) is 34.5 Å². The van der Waals surface area contributed by atoms with Crippen LogP contribution in [0.25, 0.3) is 0 Å². The highest BCUT2D eigenvalue weighted by molar-refractivity contribution is 5.87. The molecule has 0 radical (unpaired) electrons. The lowest BCUT2D eigenvalue weighted by Crippen LogP contribution is -2.45. The number of aromatic hydroxyl groups is 3. The molecule has 42 heavy (non-hydrogen) atoms. The van der Waals surface area contributed by atoms with E-state index in [9.17, 15) is 25.2 Å². The first-order valence-electron chi connectivity index (χ1n) is 13.1. The molecule has 0 saturated heterocycles. The lowest BCUT2D eigenvalue weighted by molar-refractivity contribution is -0.149. The fraction of sp³-hybridized carbons (Fsp3) is 0.323. The van der Waals surface area contributed by atoms with Crippen LogP contribution in [0.1, 0.15) is 23.1 Å². The van der Waals surface area contributed by atoms with Gasteiger partial charge in [0.2, 0.25) is 0 Å². The molecule has 0 fully saturated rings. The number of carbonyl (C=O) groups is 1. The maximum atomic E-state index is 12.1. The van der Waals surface area contributed by atoms with Gasteiger partial charge in [0.1, 0.15) is 12.2 Å². The largest absolute Gasteiger partial charge is 0.504 e. The van der Waals surface area contributed by atoms with E-state index in [4.69, 9.17) is 28.4 Å². The Morgan fingerprint density at radius 2 is 1.12 bits per heavy atom. The fourth-order valence-corrected chi connectivity index (χ4v) is 4.63. The molecule has 4 N–H and O–H groups in total. The smallest absolute Gasteiger partial charge is 0.331 e. The van der Waals surface area contributed by atoms with Crippen molar-refractivity contribution in [2.24, 2.45) is 0 Å². The van der Waals surface area contributed by atoms with E-state index in [0.717, 1.165) is 0 Å². The van der Waals surface area contributed by atoms with Gasteiger partial charge in [-0.2, -0.15) is 0 Å². The van der Waals surface area contributed by atoms with Crippen LogP contribution in [0, 0.1) is 0 Å². The number of carboxylic acids is 1. The molecule has 4 rings (SSSR count). The summed E-state index contributed by atoms with van der Waals surface area (Å²) in [5, 5.41) is 40.4. The van der Waals surface area contributed by atoms with Gasteiger partial charge in [-0.3, -0.25) is 0 Å². The van der Waals surface area contributed by atoms with Gasteiger partial charge in [0.25, 0.3) is 0 Å². The Bertz CT molecular complexity index is 1420. The van der Waals surface area contributed by atoms with Crippen LogP contribution in [0.2, 0.25) is 0 Å². The molecule has 0 amide bonds. The highest BCUT2D eigenvalue weighted by Crippen LogP contribution is 2.33. The van der Waals surface area contributed by atoms with Crippen molar-refractivity contribution in [3.05, 3.63) is 82.9 Å². The van der Waals surface area contributed by atoms with Crippen LogP contribution in [-0.2, 0) is 38.8 Å². The minimum atomic E-state index is -1.11. The van der Waals surface area contributed by atoms with Gasteiger partial charge in [0.15, 0.2) is 34.5 Å².